The summed E-state index contributed by atoms with van der Waals surface area (Å²) in [6, 6.07) is 15.4. The van der Waals surface area contributed by atoms with Gasteiger partial charge in [-0.05, 0) is 24.1 Å². The Kier molecular flexibility index (Phi) is 5.99. The summed E-state index contributed by atoms with van der Waals surface area (Å²) in [6.45, 7) is 2.32. The van der Waals surface area contributed by atoms with Gasteiger partial charge in [-0.3, -0.25) is 4.79 Å². The molecule has 1 heterocycles. The highest BCUT2D eigenvalue weighted by Crippen LogP contribution is 2.28. The Labute approximate surface area is 160 Å². The highest BCUT2D eigenvalue weighted by atomic mass is 35.5. The molecule has 0 bridgehead atoms. The van der Waals surface area contributed by atoms with Crippen molar-refractivity contribution in [1.29, 1.82) is 0 Å². The Bertz CT molecular complexity index is 926. The fraction of sp³-hybridized carbons (Fsp3) is 0.105. The van der Waals surface area contributed by atoms with Crippen LogP contribution in [0.25, 0.3) is 11.3 Å². The molecule has 0 radical (unpaired) electrons. The van der Waals surface area contributed by atoms with E-state index in [1.807, 2.05) is 60.8 Å². The van der Waals surface area contributed by atoms with E-state index in [-0.39, 0.29) is 5.90 Å². The maximum Gasteiger partial charge on any atom is 0.299 e. The molecule has 0 saturated heterocycles. The highest BCUT2D eigenvalue weighted by Gasteiger charge is 2.07. The number of thiazole rings is 1. The third kappa shape index (κ3) is 4.68. The predicted molar refractivity (Wildman–Crippen MR) is 106 cm³/mol. The lowest BCUT2D eigenvalue weighted by atomic mass is 10.1. The van der Waals surface area contributed by atoms with Gasteiger partial charge in [0, 0.05) is 16.0 Å². The van der Waals surface area contributed by atoms with Crippen LogP contribution < -0.4 is 5.43 Å². The summed E-state index contributed by atoms with van der Waals surface area (Å²) in [4.78, 5) is 15.2. The molecular weight excluding hydrogens is 370 g/mol. The van der Waals surface area contributed by atoms with Crippen molar-refractivity contribution in [2.75, 3.05) is 5.43 Å². The predicted octanol–water partition coefficient (Wildman–Crippen LogP) is 4.91. The van der Waals surface area contributed by atoms with Crippen LogP contribution in [0.2, 0.25) is 5.02 Å². The SMILES string of the molecule is Cc1ccc(-c2csc(N/N=C(\Cc3ccccc3)OC=O)n2)cc1Cl. The first-order valence-electron chi connectivity index (χ1n) is 7.84. The van der Waals surface area contributed by atoms with Crippen LogP contribution in [0.3, 0.4) is 0 Å². The minimum absolute atomic E-state index is 0.265. The average Bonchev–Trinajstić information content (AvgIpc) is 3.12. The zero-order valence-corrected chi connectivity index (χ0v) is 15.6. The Hall–Kier alpha value is -2.70. The molecular formula is C19H16ClN3O2S. The van der Waals surface area contributed by atoms with Gasteiger partial charge in [0.05, 0.1) is 12.1 Å². The molecule has 0 atom stereocenters. The van der Waals surface area contributed by atoms with Gasteiger partial charge in [0.2, 0.25) is 11.0 Å². The summed E-state index contributed by atoms with van der Waals surface area (Å²) in [6.07, 6.45) is 0.401. The zero-order chi connectivity index (χ0) is 18.4. The molecule has 3 aromatic rings. The van der Waals surface area contributed by atoms with Gasteiger partial charge in [-0.1, -0.05) is 54.1 Å². The molecule has 3 rings (SSSR count). The van der Waals surface area contributed by atoms with Crippen LogP contribution in [0.1, 0.15) is 11.1 Å². The number of halogens is 1. The molecule has 0 aliphatic heterocycles. The minimum Gasteiger partial charge on any atom is -0.412 e. The van der Waals surface area contributed by atoms with Gasteiger partial charge in [-0.2, -0.15) is 0 Å². The van der Waals surface area contributed by atoms with Crippen molar-refractivity contribution >= 4 is 40.4 Å². The molecule has 1 aromatic heterocycles. The standard InChI is InChI=1S/C19H16ClN3O2S/c1-13-7-8-15(10-16(13)20)17-11-26-19(21-17)23-22-18(25-12-24)9-14-5-3-2-4-6-14/h2-8,10-12H,9H2,1H3,(H,21,23)/b22-18+. The van der Waals surface area contributed by atoms with Crippen LogP contribution in [0, 0.1) is 6.92 Å². The number of carbonyl (C=O) groups is 1. The van der Waals surface area contributed by atoms with Crippen LogP contribution in [-0.2, 0) is 16.0 Å². The topological polar surface area (TPSA) is 63.6 Å². The Morgan fingerprint density at radius 3 is 2.85 bits per heavy atom. The lowest BCUT2D eigenvalue weighted by Gasteiger charge is -2.04. The quantitative estimate of drug-likeness (QED) is 0.283. The molecule has 132 valence electrons. The second-order valence-electron chi connectivity index (χ2n) is 5.50. The highest BCUT2D eigenvalue weighted by molar-refractivity contribution is 7.14. The Morgan fingerprint density at radius 2 is 2.12 bits per heavy atom. The number of hydrazone groups is 1. The van der Waals surface area contributed by atoms with Crippen molar-refractivity contribution < 1.29 is 9.53 Å². The van der Waals surface area contributed by atoms with Gasteiger partial charge < -0.3 is 4.74 Å². The van der Waals surface area contributed by atoms with E-state index in [4.69, 9.17) is 16.3 Å². The van der Waals surface area contributed by atoms with Crippen LogP contribution in [0.5, 0.6) is 0 Å². The van der Waals surface area contributed by atoms with Crippen molar-refractivity contribution in [3.8, 4) is 11.3 Å². The Morgan fingerprint density at radius 1 is 1.31 bits per heavy atom. The largest absolute Gasteiger partial charge is 0.412 e. The number of anilines is 1. The van der Waals surface area contributed by atoms with Gasteiger partial charge in [0.25, 0.3) is 6.47 Å². The second-order valence-corrected chi connectivity index (χ2v) is 6.76. The van der Waals surface area contributed by atoms with Gasteiger partial charge >= 0.3 is 0 Å². The molecule has 0 fully saturated rings. The maximum atomic E-state index is 10.7. The number of hydrogen-bond donors (Lipinski definition) is 1. The third-order valence-corrected chi connectivity index (χ3v) is 4.78. The summed E-state index contributed by atoms with van der Waals surface area (Å²) in [5, 5.41) is 7.36. The second kappa shape index (κ2) is 8.60. The molecule has 0 amide bonds. The van der Waals surface area contributed by atoms with E-state index >= 15 is 0 Å². The van der Waals surface area contributed by atoms with Gasteiger partial charge in [-0.15, -0.1) is 16.4 Å². The summed E-state index contributed by atoms with van der Waals surface area (Å²) < 4.78 is 4.95. The molecule has 2 aromatic carbocycles. The molecule has 1 N–H and O–H groups in total. The van der Waals surface area contributed by atoms with E-state index < -0.39 is 0 Å². The number of ether oxygens (including phenoxy) is 1. The number of hydrogen-bond acceptors (Lipinski definition) is 6. The van der Waals surface area contributed by atoms with E-state index in [2.05, 4.69) is 15.5 Å². The zero-order valence-electron chi connectivity index (χ0n) is 14.0. The van der Waals surface area contributed by atoms with Crippen LogP contribution >= 0.6 is 22.9 Å². The molecule has 0 unspecified atom stereocenters. The lowest BCUT2D eigenvalue weighted by Crippen LogP contribution is -2.10. The molecule has 26 heavy (non-hydrogen) atoms. The number of aryl methyl sites for hydroxylation is 1. The first kappa shape index (κ1) is 18.1. The maximum absolute atomic E-state index is 10.7. The van der Waals surface area contributed by atoms with E-state index in [1.54, 1.807) is 0 Å². The van der Waals surface area contributed by atoms with E-state index in [9.17, 15) is 4.79 Å². The number of benzene rings is 2. The van der Waals surface area contributed by atoms with Crippen LogP contribution in [0.4, 0.5) is 5.13 Å². The summed E-state index contributed by atoms with van der Waals surface area (Å²) in [5.74, 6) is 0.265. The van der Waals surface area contributed by atoms with Crippen LogP contribution in [0.15, 0.2) is 59.0 Å². The summed E-state index contributed by atoms with van der Waals surface area (Å²) in [5.41, 5.74) is 6.59. The fourth-order valence-electron chi connectivity index (χ4n) is 2.25. The molecule has 0 aliphatic carbocycles. The van der Waals surface area contributed by atoms with Gasteiger partial charge in [0.1, 0.15) is 0 Å². The number of nitrogens with zero attached hydrogens (tertiary/aromatic N) is 2. The van der Waals surface area contributed by atoms with E-state index in [0.717, 1.165) is 22.4 Å². The molecule has 0 aliphatic rings. The Balaban J connectivity index is 1.73. The molecule has 5 nitrogen and oxygen atoms in total. The van der Waals surface area contributed by atoms with E-state index in [1.165, 1.54) is 11.3 Å². The van der Waals surface area contributed by atoms with Crippen molar-refractivity contribution in [3.63, 3.8) is 0 Å². The normalized spacial score (nSPS) is 11.2. The van der Waals surface area contributed by atoms with Crippen molar-refractivity contribution in [3.05, 3.63) is 70.1 Å². The fourth-order valence-corrected chi connectivity index (χ4v) is 3.10. The molecule has 0 spiro atoms. The smallest absolute Gasteiger partial charge is 0.299 e. The average molecular weight is 386 g/mol. The lowest BCUT2D eigenvalue weighted by molar-refractivity contribution is -0.121. The number of nitrogens with one attached hydrogen (secondary N) is 1. The van der Waals surface area contributed by atoms with Crippen LogP contribution in [-0.4, -0.2) is 17.4 Å². The van der Waals surface area contributed by atoms with E-state index in [0.29, 0.717) is 23.0 Å². The van der Waals surface area contributed by atoms with Crippen molar-refractivity contribution in [2.24, 2.45) is 5.10 Å². The third-order valence-electron chi connectivity index (χ3n) is 3.63. The monoisotopic (exact) mass is 385 g/mol. The summed E-state index contributed by atoms with van der Waals surface area (Å²) >= 11 is 7.58. The summed E-state index contributed by atoms with van der Waals surface area (Å²) in [7, 11) is 0. The van der Waals surface area contributed by atoms with Gasteiger partial charge in [-0.25, -0.2) is 10.4 Å². The minimum atomic E-state index is 0.265. The molecule has 7 heteroatoms. The molecule has 0 saturated carbocycles. The first-order chi connectivity index (χ1) is 12.7. The number of rotatable bonds is 6. The van der Waals surface area contributed by atoms with Crippen molar-refractivity contribution in [2.45, 2.75) is 13.3 Å². The van der Waals surface area contributed by atoms with Gasteiger partial charge in [0.15, 0.2) is 0 Å². The number of carbonyl (C=O) groups excluding carboxylic acids is 1. The number of aromatic nitrogens is 1. The first-order valence-corrected chi connectivity index (χ1v) is 9.10. The van der Waals surface area contributed by atoms with Crippen molar-refractivity contribution in [1.82, 2.24) is 4.98 Å².